The highest BCUT2D eigenvalue weighted by Gasteiger charge is 2.11. The third-order valence-corrected chi connectivity index (χ3v) is 3.15. The molecule has 16 heavy (non-hydrogen) atoms. The van der Waals surface area contributed by atoms with Crippen LogP contribution in [0.1, 0.15) is 10.4 Å². The topological polar surface area (TPSA) is 41.1 Å². The minimum absolute atomic E-state index is 0. The number of benzene rings is 1. The third kappa shape index (κ3) is 4.29. The first kappa shape index (κ1) is 15.7. The summed E-state index contributed by atoms with van der Waals surface area (Å²) in [7, 11) is 1.83. The van der Waals surface area contributed by atoms with Gasteiger partial charge in [0.1, 0.15) is 0 Å². The van der Waals surface area contributed by atoms with Crippen molar-refractivity contribution in [2.75, 3.05) is 20.1 Å². The van der Waals surface area contributed by atoms with Crippen molar-refractivity contribution < 1.29 is 4.79 Å². The van der Waals surface area contributed by atoms with Crippen molar-refractivity contribution in [3.8, 4) is 0 Å². The molecular formula is C10H13BrCl2N2O. The molecular weight excluding hydrogens is 315 g/mol. The smallest absolute Gasteiger partial charge is 0.252 e. The van der Waals surface area contributed by atoms with Gasteiger partial charge in [0.2, 0.25) is 0 Å². The molecule has 0 aromatic heterocycles. The van der Waals surface area contributed by atoms with Crippen LogP contribution in [0.2, 0.25) is 5.02 Å². The monoisotopic (exact) mass is 326 g/mol. The number of rotatable bonds is 4. The maximum atomic E-state index is 11.6. The molecule has 0 spiro atoms. The molecule has 0 aliphatic heterocycles. The van der Waals surface area contributed by atoms with E-state index in [0.717, 1.165) is 11.0 Å². The van der Waals surface area contributed by atoms with E-state index < -0.39 is 0 Å². The van der Waals surface area contributed by atoms with Crippen molar-refractivity contribution in [2.24, 2.45) is 0 Å². The van der Waals surface area contributed by atoms with Gasteiger partial charge in [-0.3, -0.25) is 4.79 Å². The number of carbonyl (C=O) groups is 1. The van der Waals surface area contributed by atoms with Crippen LogP contribution in [0.5, 0.6) is 0 Å². The Morgan fingerprint density at radius 2 is 2.12 bits per heavy atom. The van der Waals surface area contributed by atoms with Crippen molar-refractivity contribution >= 4 is 45.8 Å². The van der Waals surface area contributed by atoms with Gasteiger partial charge in [-0.05, 0) is 35.1 Å². The summed E-state index contributed by atoms with van der Waals surface area (Å²) in [5, 5.41) is 6.15. The van der Waals surface area contributed by atoms with E-state index in [-0.39, 0.29) is 18.3 Å². The van der Waals surface area contributed by atoms with Crippen LogP contribution in [0.25, 0.3) is 0 Å². The zero-order chi connectivity index (χ0) is 11.3. The predicted molar refractivity (Wildman–Crippen MR) is 72.7 cm³/mol. The molecule has 1 rings (SSSR count). The molecule has 0 atom stereocenters. The maximum absolute atomic E-state index is 11.6. The molecule has 0 fully saturated rings. The fraction of sp³-hybridized carbons (Fsp3) is 0.300. The molecule has 2 N–H and O–H groups in total. The van der Waals surface area contributed by atoms with Gasteiger partial charge in [-0.1, -0.05) is 17.7 Å². The standard InChI is InChI=1S/C10H12BrClN2O.ClH/c1-13-5-6-14-10(15)7-3-2-4-8(11)9(7)12;/h2-4,13H,5-6H2,1H3,(H,14,15);1H. The predicted octanol–water partition coefficient (Wildman–Crippen LogP) is 2.47. The summed E-state index contributed by atoms with van der Waals surface area (Å²) in [5.41, 5.74) is 0.488. The summed E-state index contributed by atoms with van der Waals surface area (Å²) in [4.78, 5) is 11.6. The number of nitrogens with one attached hydrogen (secondary N) is 2. The van der Waals surface area contributed by atoms with E-state index >= 15 is 0 Å². The minimum Gasteiger partial charge on any atom is -0.351 e. The molecule has 3 nitrogen and oxygen atoms in total. The molecule has 0 aliphatic carbocycles. The molecule has 0 saturated carbocycles. The van der Waals surface area contributed by atoms with Gasteiger partial charge in [0, 0.05) is 17.6 Å². The normalized spacial score (nSPS) is 9.44. The molecule has 0 saturated heterocycles. The molecule has 0 unspecified atom stereocenters. The number of hydrogen-bond acceptors (Lipinski definition) is 2. The molecule has 6 heteroatoms. The van der Waals surface area contributed by atoms with E-state index in [9.17, 15) is 4.79 Å². The lowest BCUT2D eigenvalue weighted by atomic mass is 10.2. The number of hydrogen-bond donors (Lipinski definition) is 2. The summed E-state index contributed by atoms with van der Waals surface area (Å²) in [6.07, 6.45) is 0. The molecule has 1 aromatic rings. The Kier molecular flexibility index (Phi) is 7.76. The van der Waals surface area contributed by atoms with E-state index in [0.29, 0.717) is 17.1 Å². The van der Waals surface area contributed by atoms with E-state index in [1.165, 1.54) is 0 Å². The lowest BCUT2D eigenvalue weighted by Crippen LogP contribution is -2.30. The first-order valence-electron chi connectivity index (χ1n) is 4.53. The van der Waals surface area contributed by atoms with Crippen LogP contribution < -0.4 is 10.6 Å². The molecule has 90 valence electrons. The third-order valence-electron chi connectivity index (χ3n) is 1.86. The van der Waals surface area contributed by atoms with Crippen LogP contribution in [0.4, 0.5) is 0 Å². The van der Waals surface area contributed by atoms with Gasteiger partial charge in [-0.15, -0.1) is 12.4 Å². The van der Waals surface area contributed by atoms with Gasteiger partial charge in [0.15, 0.2) is 0 Å². The Morgan fingerprint density at radius 1 is 1.44 bits per heavy atom. The fourth-order valence-electron chi connectivity index (χ4n) is 1.08. The van der Waals surface area contributed by atoms with Crippen LogP contribution in [-0.4, -0.2) is 26.0 Å². The van der Waals surface area contributed by atoms with Crippen molar-refractivity contribution in [2.45, 2.75) is 0 Å². The van der Waals surface area contributed by atoms with E-state index in [4.69, 9.17) is 11.6 Å². The summed E-state index contributed by atoms with van der Waals surface area (Å²) in [6, 6.07) is 5.28. The zero-order valence-electron chi connectivity index (χ0n) is 8.72. The second kappa shape index (κ2) is 7.90. The highest BCUT2D eigenvalue weighted by Crippen LogP contribution is 2.25. The second-order valence-electron chi connectivity index (χ2n) is 2.96. The fourth-order valence-corrected chi connectivity index (χ4v) is 1.65. The molecule has 0 bridgehead atoms. The van der Waals surface area contributed by atoms with Gasteiger partial charge in [-0.25, -0.2) is 0 Å². The molecule has 1 aromatic carbocycles. The molecule has 0 aliphatic rings. The lowest BCUT2D eigenvalue weighted by molar-refractivity contribution is 0.0954. The molecule has 1 amide bonds. The zero-order valence-corrected chi connectivity index (χ0v) is 11.9. The average Bonchev–Trinajstić information content (AvgIpc) is 2.22. The molecule has 0 radical (unpaired) electrons. The van der Waals surface area contributed by atoms with Gasteiger partial charge in [0.25, 0.3) is 5.91 Å². The SMILES string of the molecule is CNCCNC(=O)c1cccc(Br)c1Cl.Cl. The van der Waals surface area contributed by atoms with Gasteiger partial charge in [0.05, 0.1) is 10.6 Å². The van der Waals surface area contributed by atoms with Crippen LogP contribution >= 0.6 is 39.9 Å². The Balaban J connectivity index is 0.00000225. The van der Waals surface area contributed by atoms with E-state index in [1.54, 1.807) is 18.2 Å². The number of carbonyl (C=O) groups excluding carboxylic acids is 1. The van der Waals surface area contributed by atoms with Gasteiger partial charge in [-0.2, -0.15) is 0 Å². The second-order valence-corrected chi connectivity index (χ2v) is 4.19. The Labute approximate surface area is 114 Å². The van der Waals surface area contributed by atoms with E-state index in [2.05, 4.69) is 26.6 Å². The highest BCUT2D eigenvalue weighted by atomic mass is 79.9. The Bertz CT molecular complexity index is 361. The van der Waals surface area contributed by atoms with Crippen LogP contribution in [-0.2, 0) is 0 Å². The van der Waals surface area contributed by atoms with Crippen molar-refractivity contribution in [3.63, 3.8) is 0 Å². The Morgan fingerprint density at radius 3 is 2.75 bits per heavy atom. The first-order valence-corrected chi connectivity index (χ1v) is 5.70. The summed E-state index contributed by atoms with van der Waals surface area (Å²) < 4.78 is 0.727. The lowest BCUT2D eigenvalue weighted by Gasteiger charge is -2.07. The van der Waals surface area contributed by atoms with E-state index in [1.807, 2.05) is 7.05 Å². The maximum Gasteiger partial charge on any atom is 0.252 e. The van der Waals surface area contributed by atoms with Crippen LogP contribution in [0.3, 0.4) is 0 Å². The summed E-state index contributed by atoms with van der Waals surface area (Å²) in [5.74, 6) is -0.156. The average molecular weight is 328 g/mol. The quantitative estimate of drug-likeness (QED) is 0.834. The van der Waals surface area contributed by atoms with Crippen molar-refractivity contribution in [1.29, 1.82) is 0 Å². The van der Waals surface area contributed by atoms with Crippen molar-refractivity contribution in [1.82, 2.24) is 10.6 Å². The number of likely N-dealkylation sites (N-methyl/N-ethyl adjacent to an activating group) is 1. The van der Waals surface area contributed by atoms with Gasteiger partial charge < -0.3 is 10.6 Å². The van der Waals surface area contributed by atoms with Crippen LogP contribution in [0, 0.1) is 0 Å². The minimum atomic E-state index is -0.156. The largest absolute Gasteiger partial charge is 0.351 e. The summed E-state index contributed by atoms with van der Waals surface area (Å²) >= 11 is 9.25. The number of halogens is 3. The Hall–Kier alpha value is -0.290. The van der Waals surface area contributed by atoms with Crippen LogP contribution in [0.15, 0.2) is 22.7 Å². The van der Waals surface area contributed by atoms with Crippen molar-refractivity contribution in [3.05, 3.63) is 33.3 Å². The highest BCUT2D eigenvalue weighted by molar-refractivity contribution is 9.10. The summed E-state index contributed by atoms with van der Waals surface area (Å²) in [6.45, 7) is 1.32. The van der Waals surface area contributed by atoms with Gasteiger partial charge >= 0.3 is 0 Å². The first-order chi connectivity index (χ1) is 7.16. The molecule has 0 heterocycles. The number of amides is 1.